The van der Waals surface area contributed by atoms with Gasteiger partial charge in [-0.25, -0.2) is 0 Å². The lowest BCUT2D eigenvalue weighted by Gasteiger charge is -2.33. The second kappa shape index (κ2) is 8.77. The molecule has 0 spiro atoms. The minimum atomic E-state index is -0.405. The van der Waals surface area contributed by atoms with E-state index in [2.05, 4.69) is 20.4 Å². The Morgan fingerprint density at radius 1 is 1.14 bits per heavy atom. The van der Waals surface area contributed by atoms with Gasteiger partial charge in [-0.05, 0) is 11.6 Å². The number of hydrogen-bond donors (Lipinski definition) is 1. The zero-order chi connectivity index (χ0) is 19.2. The van der Waals surface area contributed by atoms with Gasteiger partial charge in [0.25, 0.3) is 0 Å². The summed E-state index contributed by atoms with van der Waals surface area (Å²) in [5.41, 5.74) is 2.50. The van der Waals surface area contributed by atoms with Crippen LogP contribution in [-0.2, 0) is 16.1 Å². The van der Waals surface area contributed by atoms with Gasteiger partial charge in [0, 0.05) is 37.1 Å². The minimum absolute atomic E-state index is 0.0841. The van der Waals surface area contributed by atoms with E-state index >= 15 is 0 Å². The van der Waals surface area contributed by atoms with Crippen molar-refractivity contribution in [3.63, 3.8) is 0 Å². The molecule has 1 N–H and O–H groups in total. The Hall–Kier alpha value is -3.03. The summed E-state index contributed by atoms with van der Waals surface area (Å²) in [5.74, 6) is 0.598. The highest BCUT2D eigenvalue weighted by atomic mass is 16.5. The number of nitrogens with zero attached hydrogens (tertiary/aromatic N) is 3. The lowest BCUT2D eigenvalue weighted by Crippen LogP contribution is -2.45. The van der Waals surface area contributed by atoms with Crippen LogP contribution in [0.25, 0.3) is 11.3 Å². The van der Waals surface area contributed by atoms with Crippen LogP contribution >= 0.6 is 0 Å². The van der Waals surface area contributed by atoms with Gasteiger partial charge in [-0.1, -0.05) is 41.6 Å². The van der Waals surface area contributed by atoms with Crippen molar-refractivity contribution in [1.82, 2.24) is 20.4 Å². The molecule has 1 aromatic carbocycles. The van der Waals surface area contributed by atoms with E-state index in [1.165, 1.54) is 0 Å². The Kier molecular flexibility index (Phi) is 5.75. The van der Waals surface area contributed by atoms with Gasteiger partial charge < -0.3 is 14.6 Å². The third-order valence-electron chi connectivity index (χ3n) is 4.72. The van der Waals surface area contributed by atoms with E-state index < -0.39 is 6.04 Å². The first-order valence-corrected chi connectivity index (χ1v) is 9.32. The zero-order valence-electron chi connectivity index (χ0n) is 15.5. The van der Waals surface area contributed by atoms with Crippen molar-refractivity contribution < 1.29 is 14.1 Å². The maximum Gasteiger partial charge on any atom is 0.242 e. The second-order valence-electron chi connectivity index (χ2n) is 6.60. The van der Waals surface area contributed by atoms with Gasteiger partial charge in [-0.15, -0.1) is 0 Å². The Balaban J connectivity index is 1.45. The van der Waals surface area contributed by atoms with Crippen molar-refractivity contribution in [3.8, 4) is 11.3 Å². The van der Waals surface area contributed by atoms with Crippen molar-refractivity contribution in [1.29, 1.82) is 0 Å². The quantitative estimate of drug-likeness (QED) is 0.710. The van der Waals surface area contributed by atoms with Crippen LogP contribution < -0.4 is 5.32 Å². The van der Waals surface area contributed by atoms with Crippen molar-refractivity contribution in [3.05, 3.63) is 72.2 Å². The van der Waals surface area contributed by atoms with E-state index in [4.69, 9.17) is 9.26 Å². The van der Waals surface area contributed by atoms with E-state index in [1.54, 1.807) is 12.4 Å². The summed E-state index contributed by atoms with van der Waals surface area (Å²) >= 11 is 0. The molecule has 4 rings (SSSR count). The monoisotopic (exact) mass is 378 g/mol. The lowest BCUT2D eigenvalue weighted by molar-refractivity contribution is -0.128. The van der Waals surface area contributed by atoms with Crippen molar-refractivity contribution in [2.45, 2.75) is 12.6 Å². The fourth-order valence-electron chi connectivity index (χ4n) is 3.31. The number of hydrogen-bond acceptors (Lipinski definition) is 6. The number of amides is 1. The number of nitrogens with one attached hydrogen (secondary N) is 1. The summed E-state index contributed by atoms with van der Waals surface area (Å²) in [5, 5.41) is 7.06. The van der Waals surface area contributed by atoms with Crippen LogP contribution in [0.4, 0.5) is 0 Å². The molecule has 1 aliphatic heterocycles. The van der Waals surface area contributed by atoms with Gasteiger partial charge >= 0.3 is 0 Å². The summed E-state index contributed by atoms with van der Waals surface area (Å²) in [7, 11) is 0. The molecule has 1 atom stereocenters. The van der Waals surface area contributed by atoms with E-state index in [1.807, 2.05) is 48.5 Å². The smallest absolute Gasteiger partial charge is 0.242 e. The van der Waals surface area contributed by atoms with Crippen LogP contribution in [0.5, 0.6) is 0 Å². The van der Waals surface area contributed by atoms with Crippen LogP contribution in [0.2, 0.25) is 0 Å². The molecule has 1 aliphatic rings. The first-order valence-electron chi connectivity index (χ1n) is 9.32. The highest BCUT2D eigenvalue weighted by Crippen LogP contribution is 2.22. The van der Waals surface area contributed by atoms with E-state index in [0.29, 0.717) is 44.3 Å². The molecule has 144 valence electrons. The molecule has 1 amide bonds. The summed E-state index contributed by atoms with van der Waals surface area (Å²) < 4.78 is 10.8. The zero-order valence-corrected chi connectivity index (χ0v) is 15.5. The molecule has 1 fully saturated rings. The molecule has 28 heavy (non-hydrogen) atoms. The molecule has 0 radical (unpaired) electrons. The highest BCUT2D eigenvalue weighted by Gasteiger charge is 2.29. The molecule has 0 saturated carbocycles. The third-order valence-corrected chi connectivity index (χ3v) is 4.72. The molecule has 0 bridgehead atoms. The Bertz CT molecular complexity index is 892. The van der Waals surface area contributed by atoms with Crippen LogP contribution in [0.3, 0.4) is 0 Å². The SMILES string of the molecule is O=C(NCc1cc(-c2ccccc2)on1)[C@@H](c1cccnc1)N1CCOCC1. The molecular formula is C21H22N4O3. The predicted molar refractivity (Wildman–Crippen MR) is 103 cm³/mol. The summed E-state index contributed by atoms with van der Waals surface area (Å²) in [6, 6.07) is 15.0. The number of benzene rings is 1. The average Bonchev–Trinajstić information content (AvgIpc) is 3.24. The van der Waals surface area contributed by atoms with Gasteiger partial charge in [0.1, 0.15) is 11.7 Å². The maximum absolute atomic E-state index is 13.0. The number of carbonyl (C=O) groups excluding carboxylic acids is 1. The van der Waals surface area contributed by atoms with Gasteiger partial charge in [-0.2, -0.15) is 0 Å². The number of carbonyl (C=O) groups is 1. The van der Waals surface area contributed by atoms with Crippen LogP contribution in [0.15, 0.2) is 65.4 Å². The Morgan fingerprint density at radius 3 is 2.71 bits per heavy atom. The summed E-state index contributed by atoms with van der Waals surface area (Å²) in [4.78, 5) is 19.3. The molecule has 1 saturated heterocycles. The Morgan fingerprint density at radius 2 is 1.96 bits per heavy atom. The van der Waals surface area contributed by atoms with Gasteiger partial charge in [-0.3, -0.25) is 14.7 Å². The van der Waals surface area contributed by atoms with Crippen molar-refractivity contribution >= 4 is 5.91 Å². The number of aromatic nitrogens is 2. The molecule has 0 aliphatic carbocycles. The first-order chi connectivity index (χ1) is 13.8. The van der Waals surface area contributed by atoms with Gasteiger partial charge in [0.05, 0.1) is 19.8 Å². The number of morpholine rings is 1. The average molecular weight is 378 g/mol. The van der Waals surface area contributed by atoms with E-state index in [-0.39, 0.29) is 5.91 Å². The Labute approximate surface area is 163 Å². The normalized spacial score (nSPS) is 15.9. The van der Waals surface area contributed by atoms with Gasteiger partial charge in [0.15, 0.2) is 5.76 Å². The molecule has 3 heterocycles. The standard InChI is InChI=1S/C21H22N4O3/c26-21(20(17-7-4-8-22-14-17)25-9-11-27-12-10-25)23-15-18-13-19(28-24-18)16-5-2-1-3-6-16/h1-8,13-14,20H,9-12,15H2,(H,23,26)/t20-/m1/s1. The molecule has 7 heteroatoms. The fourth-order valence-corrected chi connectivity index (χ4v) is 3.31. The van der Waals surface area contributed by atoms with E-state index in [9.17, 15) is 4.79 Å². The summed E-state index contributed by atoms with van der Waals surface area (Å²) in [6.07, 6.45) is 3.45. The van der Waals surface area contributed by atoms with Crippen molar-refractivity contribution in [2.24, 2.45) is 0 Å². The van der Waals surface area contributed by atoms with Crippen LogP contribution in [0, 0.1) is 0 Å². The second-order valence-corrected chi connectivity index (χ2v) is 6.60. The van der Waals surface area contributed by atoms with Crippen LogP contribution in [-0.4, -0.2) is 47.3 Å². The van der Waals surface area contributed by atoms with Crippen LogP contribution in [0.1, 0.15) is 17.3 Å². The van der Waals surface area contributed by atoms with Crippen molar-refractivity contribution in [2.75, 3.05) is 26.3 Å². The lowest BCUT2D eigenvalue weighted by atomic mass is 10.1. The fraction of sp³-hybridized carbons (Fsp3) is 0.286. The molecule has 2 aromatic heterocycles. The predicted octanol–water partition coefficient (Wildman–Crippen LogP) is 2.43. The van der Waals surface area contributed by atoms with E-state index in [0.717, 1.165) is 11.1 Å². The molecule has 0 unspecified atom stereocenters. The topological polar surface area (TPSA) is 80.5 Å². The number of pyridine rings is 1. The third kappa shape index (κ3) is 4.27. The number of rotatable bonds is 6. The largest absolute Gasteiger partial charge is 0.379 e. The molecular weight excluding hydrogens is 356 g/mol. The first kappa shape index (κ1) is 18.3. The molecule has 3 aromatic rings. The minimum Gasteiger partial charge on any atom is -0.379 e. The van der Waals surface area contributed by atoms with Gasteiger partial charge in [0.2, 0.25) is 5.91 Å². The number of ether oxygens (including phenoxy) is 1. The molecule has 7 nitrogen and oxygen atoms in total. The highest BCUT2D eigenvalue weighted by molar-refractivity contribution is 5.83. The maximum atomic E-state index is 13.0. The summed E-state index contributed by atoms with van der Waals surface area (Å²) in [6.45, 7) is 2.95.